The number of aromatic nitrogens is 2. The highest BCUT2D eigenvalue weighted by molar-refractivity contribution is 5.90. The highest BCUT2D eigenvalue weighted by Gasteiger charge is 2.26. The van der Waals surface area contributed by atoms with E-state index in [4.69, 9.17) is 4.52 Å². The van der Waals surface area contributed by atoms with Crippen molar-refractivity contribution in [3.8, 4) is 0 Å². The van der Waals surface area contributed by atoms with Gasteiger partial charge in [0, 0.05) is 13.1 Å². The lowest BCUT2D eigenvalue weighted by Crippen LogP contribution is -2.32. The van der Waals surface area contributed by atoms with Crippen LogP contribution in [-0.4, -0.2) is 40.6 Å². The third-order valence-electron chi connectivity index (χ3n) is 3.88. The third kappa shape index (κ3) is 2.78. The molecule has 1 aromatic rings. The van der Waals surface area contributed by atoms with Crippen LogP contribution in [0.1, 0.15) is 61.1 Å². The maximum absolute atomic E-state index is 12.3. The molecule has 1 atom stereocenters. The van der Waals surface area contributed by atoms with Gasteiger partial charge in [0.25, 0.3) is 11.7 Å². The zero-order chi connectivity index (χ0) is 13.1. The third-order valence-corrected chi connectivity index (χ3v) is 3.88. The first-order chi connectivity index (χ1) is 9.34. The SMILES string of the molecule is O=C(c1noc(C2CCCN2)n1)N1CCCCCC1. The average Bonchev–Trinajstić information content (AvgIpc) is 3.04. The van der Waals surface area contributed by atoms with Crippen LogP contribution >= 0.6 is 0 Å². The van der Waals surface area contributed by atoms with Crippen molar-refractivity contribution in [2.24, 2.45) is 0 Å². The highest BCUT2D eigenvalue weighted by Crippen LogP contribution is 2.21. The molecule has 0 radical (unpaired) electrons. The molecule has 1 unspecified atom stereocenters. The molecule has 0 aliphatic carbocycles. The molecule has 6 nitrogen and oxygen atoms in total. The normalized spacial score (nSPS) is 24.4. The monoisotopic (exact) mass is 264 g/mol. The van der Waals surface area contributed by atoms with Crippen LogP contribution in [0.5, 0.6) is 0 Å². The lowest BCUT2D eigenvalue weighted by molar-refractivity contribution is 0.0746. The molecule has 0 saturated carbocycles. The fourth-order valence-corrected chi connectivity index (χ4v) is 2.77. The van der Waals surface area contributed by atoms with Crippen LogP contribution in [0.2, 0.25) is 0 Å². The second-order valence-corrected chi connectivity index (χ2v) is 5.31. The summed E-state index contributed by atoms with van der Waals surface area (Å²) < 4.78 is 5.22. The lowest BCUT2D eigenvalue weighted by Gasteiger charge is -2.17. The van der Waals surface area contributed by atoms with Gasteiger partial charge in [-0.05, 0) is 32.2 Å². The van der Waals surface area contributed by atoms with Gasteiger partial charge in [-0.3, -0.25) is 4.79 Å². The van der Waals surface area contributed by atoms with Gasteiger partial charge in [-0.2, -0.15) is 4.98 Å². The molecule has 0 aromatic carbocycles. The van der Waals surface area contributed by atoms with Crippen LogP contribution in [-0.2, 0) is 0 Å². The Kier molecular flexibility index (Phi) is 3.77. The van der Waals surface area contributed by atoms with Crippen molar-refractivity contribution in [2.75, 3.05) is 19.6 Å². The van der Waals surface area contributed by atoms with E-state index in [2.05, 4.69) is 15.5 Å². The quantitative estimate of drug-likeness (QED) is 0.876. The molecule has 19 heavy (non-hydrogen) atoms. The van der Waals surface area contributed by atoms with Gasteiger partial charge in [-0.15, -0.1) is 0 Å². The van der Waals surface area contributed by atoms with Gasteiger partial charge in [-0.1, -0.05) is 18.0 Å². The topological polar surface area (TPSA) is 71.3 Å². The Morgan fingerprint density at radius 1 is 1.21 bits per heavy atom. The van der Waals surface area contributed by atoms with Crippen molar-refractivity contribution >= 4 is 5.91 Å². The molecule has 2 fully saturated rings. The zero-order valence-electron chi connectivity index (χ0n) is 11.1. The summed E-state index contributed by atoms with van der Waals surface area (Å²) in [5.74, 6) is 0.677. The Labute approximate surface area is 112 Å². The van der Waals surface area contributed by atoms with Crippen molar-refractivity contribution < 1.29 is 9.32 Å². The number of carbonyl (C=O) groups is 1. The average molecular weight is 264 g/mol. The Morgan fingerprint density at radius 2 is 2.00 bits per heavy atom. The van der Waals surface area contributed by atoms with Crippen molar-refractivity contribution in [1.29, 1.82) is 0 Å². The van der Waals surface area contributed by atoms with E-state index in [1.807, 2.05) is 4.90 Å². The first-order valence-corrected chi connectivity index (χ1v) is 7.21. The van der Waals surface area contributed by atoms with Gasteiger partial charge in [0.2, 0.25) is 5.89 Å². The van der Waals surface area contributed by atoms with Crippen LogP contribution in [0.4, 0.5) is 0 Å². The Balaban J connectivity index is 1.68. The van der Waals surface area contributed by atoms with Gasteiger partial charge < -0.3 is 14.7 Å². The Morgan fingerprint density at radius 3 is 2.68 bits per heavy atom. The Hall–Kier alpha value is -1.43. The molecule has 2 aliphatic heterocycles. The lowest BCUT2D eigenvalue weighted by atomic mass is 10.2. The van der Waals surface area contributed by atoms with Gasteiger partial charge in [0.1, 0.15) is 0 Å². The van der Waals surface area contributed by atoms with Gasteiger partial charge in [0.05, 0.1) is 6.04 Å². The molecule has 3 heterocycles. The van der Waals surface area contributed by atoms with Crippen LogP contribution in [0, 0.1) is 0 Å². The highest BCUT2D eigenvalue weighted by atomic mass is 16.5. The Bertz CT molecular complexity index is 432. The number of hydrogen-bond acceptors (Lipinski definition) is 5. The summed E-state index contributed by atoms with van der Waals surface area (Å²) in [5.41, 5.74) is 0. The zero-order valence-corrected chi connectivity index (χ0v) is 11.1. The van der Waals surface area contributed by atoms with E-state index in [-0.39, 0.29) is 17.8 Å². The molecular weight excluding hydrogens is 244 g/mol. The summed E-state index contributed by atoms with van der Waals surface area (Å²) in [4.78, 5) is 18.4. The summed E-state index contributed by atoms with van der Waals surface area (Å²) in [6.45, 7) is 2.59. The van der Waals surface area contributed by atoms with Gasteiger partial charge in [-0.25, -0.2) is 0 Å². The van der Waals surface area contributed by atoms with Crippen molar-refractivity contribution in [2.45, 2.75) is 44.6 Å². The molecule has 1 amide bonds. The maximum atomic E-state index is 12.3. The first kappa shape index (κ1) is 12.6. The molecular formula is C13H20N4O2. The van der Waals surface area contributed by atoms with Crippen molar-refractivity contribution in [1.82, 2.24) is 20.4 Å². The molecule has 1 N–H and O–H groups in total. The molecule has 2 saturated heterocycles. The van der Waals surface area contributed by atoms with Crippen LogP contribution < -0.4 is 5.32 Å². The predicted molar refractivity (Wildman–Crippen MR) is 68.6 cm³/mol. The largest absolute Gasteiger partial charge is 0.337 e. The fraction of sp³-hybridized carbons (Fsp3) is 0.769. The minimum absolute atomic E-state index is 0.0881. The van der Waals surface area contributed by atoms with E-state index in [9.17, 15) is 4.79 Å². The van der Waals surface area contributed by atoms with Crippen LogP contribution in [0.25, 0.3) is 0 Å². The second kappa shape index (κ2) is 5.69. The van der Waals surface area contributed by atoms with E-state index >= 15 is 0 Å². The van der Waals surface area contributed by atoms with Gasteiger partial charge in [0.15, 0.2) is 0 Å². The number of likely N-dealkylation sites (tertiary alicyclic amines) is 1. The van der Waals surface area contributed by atoms with Gasteiger partial charge >= 0.3 is 0 Å². The van der Waals surface area contributed by atoms with E-state index in [0.29, 0.717) is 5.89 Å². The van der Waals surface area contributed by atoms with Crippen molar-refractivity contribution in [3.63, 3.8) is 0 Å². The van der Waals surface area contributed by atoms with Crippen LogP contribution in [0.15, 0.2) is 4.52 Å². The van der Waals surface area contributed by atoms with E-state index in [1.54, 1.807) is 0 Å². The number of nitrogens with zero attached hydrogens (tertiary/aromatic N) is 3. The number of carbonyl (C=O) groups excluding carboxylic acids is 1. The molecule has 0 bridgehead atoms. The molecule has 3 rings (SSSR count). The molecule has 2 aliphatic rings. The summed E-state index contributed by atoms with van der Waals surface area (Å²) >= 11 is 0. The van der Waals surface area contributed by atoms with E-state index in [0.717, 1.165) is 45.3 Å². The molecule has 0 spiro atoms. The fourth-order valence-electron chi connectivity index (χ4n) is 2.77. The van der Waals surface area contributed by atoms with Crippen LogP contribution in [0.3, 0.4) is 0 Å². The molecule has 6 heteroatoms. The predicted octanol–water partition coefficient (Wildman–Crippen LogP) is 1.51. The number of hydrogen-bond donors (Lipinski definition) is 1. The minimum atomic E-state index is -0.0881. The number of nitrogens with one attached hydrogen (secondary N) is 1. The van der Waals surface area contributed by atoms with E-state index < -0.39 is 0 Å². The number of rotatable bonds is 2. The molecule has 104 valence electrons. The minimum Gasteiger partial charge on any atom is -0.337 e. The summed E-state index contributed by atoms with van der Waals surface area (Å²) in [6, 6.07) is 0.123. The van der Waals surface area contributed by atoms with E-state index in [1.165, 1.54) is 12.8 Å². The standard InChI is InChI=1S/C13H20N4O2/c18-13(17-8-3-1-2-4-9-17)11-15-12(19-16-11)10-6-5-7-14-10/h10,14H,1-9H2. The maximum Gasteiger partial charge on any atom is 0.295 e. The summed E-state index contributed by atoms with van der Waals surface area (Å²) in [7, 11) is 0. The summed E-state index contributed by atoms with van der Waals surface area (Å²) in [5, 5.41) is 7.14. The first-order valence-electron chi connectivity index (χ1n) is 7.21. The second-order valence-electron chi connectivity index (χ2n) is 5.31. The smallest absolute Gasteiger partial charge is 0.295 e. The number of amides is 1. The summed E-state index contributed by atoms with van der Waals surface area (Å²) in [6.07, 6.45) is 6.66. The van der Waals surface area contributed by atoms with Crippen molar-refractivity contribution in [3.05, 3.63) is 11.7 Å². The molecule has 1 aromatic heterocycles.